The van der Waals surface area contributed by atoms with Gasteiger partial charge in [-0.1, -0.05) is 0 Å². The van der Waals surface area contributed by atoms with Crippen molar-refractivity contribution in [1.29, 1.82) is 0 Å². The smallest absolute Gasteiger partial charge is 0.349 e. The van der Waals surface area contributed by atoms with Gasteiger partial charge in [0.25, 0.3) is 0 Å². The molecule has 17 heavy (non-hydrogen) atoms. The van der Waals surface area contributed by atoms with Crippen LogP contribution in [-0.2, 0) is 13.2 Å². The Balaban J connectivity index is 2.07. The van der Waals surface area contributed by atoms with Gasteiger partial charge >= 0.3 is 5.97 Å². The lowest BCUT2D eigenvalue weighted by molar-refractivity contribution is 0.0697. The highest BCUT2D eigenvalue weighted by Gasteiger charge is 2.13. The van der Waals surface area contributed by atoms with Gasteiger partial charge in [-0.05, 0) is 18.4 Å². The van der Waals surface area contributed by atoms with Crippen molar-refractivity contribution in [2.45, 2.75) is 20.1 Å². The van der Waals surface area contributed by atoms with E-state index in [1.807, 2.05) is 6.92 Å². The Hall–Kier alpha value is -1.89. The van der Waals surface area contributed by atoms with Crippen LogP contribution in [0.25, 0.3) is 0 Å². The third-order valence-corrected chi connectivity index (χ3v) is 3.06. The van der Waals surface area contributed by atoms with Crippen LogP contribution < -0.4 is 4.74 Å². The van der Waals surface area contributed by atoms with E-state index in [0.29, 0.717) is 18.1 Å². The molecule has 2 rings (SSSR count). The zero-order valence-corrected chi connectivity index (χ0v) is 9.98. The minimum absolute atomic E-state index is 0.201. The maximum atomic E-state index is 10.9. The van der Waals surface area contributed by atoms with E-state index >= 15 is 0 Å². The van der Waals surface area contributed by atoms with E-state index in [4.69, 9.17) is 9.84 Å². The first-order chi connectivity index (χ1) is 8.22. The maximum absolute atomic E-state index is 10.9. The van der Waals surface area contributed by atoms with Crippen molar-refractivity contribution in [1.82, 2.24) is 14.8 Å². The summed E-state index contributed by atoms with van der Waals surface area (Å²) >= 11 is 1.14. The van der Waals surface area contributed by atoms with Crippen LogP contribution in [0, 0.1) is 0 Å². The molecule has 0 spiro atoms. The normalized spacial score (nSPS) is 10.4. The fraction of sp³-hybridized carbons (Fsp3) is 0.300. The molecule has 90 valence electrons. The Morgan fingerprint density at radius 2 is 2.47 bits per heavy atom. The van der Waals surface area contributed by atoms with Gasteiger partial charge < -0.3 is 9.84 Å². The molecule has 0 atom stereocenters. The SMILES string of the molecule is CCn1ncnc1COc1ccsc1C(=O)O. The van der Waals surface area contributed by atoms with E-state index < -0.39 is 5.97 Å². The molecule has 6 nitrogen and oxygen atoms in total. The zero-order valence-electron chi connectivity index (χ0n) is 9.16. The number of ether oxygens (including phenoxy) is 1. The van der Waals surface area contributed by atoms with Gasteiger partial charge in [0.1, 0.15) is 18.7 Å². The Kier molecular flexibility index (Phi) is 3.38. The molecule has 0 fully saturated rings. The predicted molar refractivity (Wildman–Crippen MR) is 61.3 cm³/mol. The zero-order chi connectivity index (χ0) is 12.3. The number of aromatic carboxylic acids is 1. The molecule has 0 radical (unpaired) electrons. The molecule has 0 aromatic carbocycles. The number of hydrogen-bond donors (Lipinski definition) is 1. The molecule has 0 bridgehead atoms. The third kappa shape index (κ3) is 2.44. The molecule has 2 heterocycles. The second kappa shape index (κ2) is 4.96. The van der Waals surface area contributed by atoms with Crippen LogP contribution in [-0.4, -0.2) is 25.8 Å². The lowest BCUT2D eigenvalue weighted by atomic mass is 10.4. The molecule has 2 aromatic rings. The van der Waals surface area contributed by atoms with E-state index in [9.17, 15) is 4.79 Å². The first kappa shape index (κ1) is 11.6. The van der Waals surface area contributed by atoms with Crippen LogP contribution in [0.4, 0.5) is 0 Å². The van der Waals surface area contributed by atoms with Crippen molar-refractivity contribution in [2.24, 2.45) is 0 Å². The molecule has 0 unspecified atom stereocenters. The molecular formula is C10H11N3O3S. The van der Waals surface area contributed by atoms with E-state index in [2.05, 4.69) is 10.1 Å². The van der Waals surface area contributed by atoms with Crippen LogP contribution >= 0.6 is 11.3 Å². The lowest BCUT2D eigenvalue weighted by Gasteiger charge is -2.05. The summed E-state index contributed by atoms with van der Waals surface area (Å²) in [7, 11) is 0. The number of hydrogen-bond acceptors (Lipinski definition) is 5. The molecule has 7 heteroatoms. The first-order valence-corrected chi connectivity index (χ1v) is 5.90. The average molecular weight is 253 g/mol. The largest absolute Gasteiger partial charge is 0.484 e. The summed E-state index contributed by atoms with van der Waals surface area (Å²) in [4.78, 5) is 15.1. The topological polar surface area (TPSA) is 77.2 Å². The minimum atomic E-state index is -0.980. The van der Waals surface area contributed by atoms with Gasteiger partial charge in [-0.25, -0.2) is 14.5 Å². The van der Waals surface area contributed by atoms with E-state index in [1.165, 1.54) is 6.33 Å². The van der Waals surface area contributed by atoms with E-state index in [1.54, 1.807) is 16.1 Å². The second-order valence-electron chi connectivity index (χ2n) is 3.20. The van der Waals surface area contributed by atoms with Gasteiger partial charge in [-0.15, -0.1) is 11.3 Å². The van der Waals surface area contributed by atoms with Crippen molar-refractivity contribution in [2.75, 3.05) is 0 Å². The second-order valence-corrected chi connectivity index (χ2v) is 4.12. The number of carboxylic acid groups (broad SMARTS) is 1. The average Bonchev–Trinajstić information content (AvgIpc) is 2.94. The van der Waals surface area contributed by atoms with Gasteiger partial charge in [0, 0.05) is 6.54 Å². The number of aryl methyl sites for hydroxylation is 1. The standard InChI is InChI=1S/C10H11N3O3S/c1-2-13-8(11-6-12-13)5-16-7-3-4-17-9(7)10(14)15/h3-4,6H,2,5H2,1H3,(H,14,15). The van der Waals surface area contributed by atoms with Crippen molar-refractivity contribution >= 4 is 17.3 Å². The van der Waals surface area contributed by atoms with Gasteiger partial charge in [0.2, 0.25) is 0 Å². The first-order valence-electron chi connectivity index (χ1n) is 5.02. The monoisotopic (exact) mass is 253 g/mol. The van der Waals surface area contributed by atoms with Crippen LogP contribution in [0.15, 0.2) is 17.8 Å². The Morgan fingerprint density at radius 1 is 1.65 bits per heavy atom. The molecule has 0 amide bonds. The number of nitrogens with zero attached hydrogens (tertiary/aromatic N) is 3. The Morgan fingerprint density at radius 3 is 3.18 bits per heavy atom. The number of carboxylic acids is 1. The number of aromatic nitrogens is 3. The predicted octanol–water partition coefficient (Wildman–Crippen LogP) is 1.64. The summed E-state index contributed by atoms with van der Waals surface area (Å²) in [6.07, 6.45) is 1.45. The summed E-state index contributed by atoms with van der Waals surface area (Å²) < 4.78 is 7.13. The highest BCUT2D eigenvalue weighted by Crippen LogP contribution is 2.25. The van der Waals surface area contributed by atoms with Crippen molar-refractivity contribution in [3.63, 3.8) is 0 Å². The molecule has 0 saturated heterocycles. The van der Waals surface area contributed by atoms with Crippen LogP contribution in [0.3, 0.4) is 0 Å². The summed E-state index contributed by atoms with van der Waals surface area (Å²) in [5.74, 6) is 0.0650. The van der Waals surface area contributed by atoms with E-state index in [-0.39, 0.29) is 11.5 Å². The van der Waals surface area contributed by atoms with Crippen molar-refractivity contribution in [3.8, 4) is 5.75 Å². The number of thiophene rings is 1. The van der Waals surface area contributed by atoms with Crippen LogP contribution in [0.2, 0.25) is 0 Å². The Labute approximate surface area is 101 Å². The number of rotatable bonds is 5. The summed E-state index contributed by atoms with van der Waals surface area (Å²) in [6.45, 7) is 2.87. The van der Waals surface area contributed by atoms with Gasteiger partial charge in [0.05, 0.1) is 0 Å². The highest BCUT2D eigenvalue weighted by atomic mass is 32.1. The number of carbonyl (C=O) groups is 1. The lowest BCUT2D eigenvalue weighted by Crippen LogP contribution is -2.08. The van der Waals surface area contributed by atoms with Gasteiger partial charge in [0.15, 0.2) is 10.7 Å². The Bertz CT molecular complexity index is 520. The summed E-state index contributed by atoms with van der Waals surface area (Å²) in [5, 5.41) is 14.6. The summed E-state index contributed by atoms with van der Waals surface area (Å²) in [5.41, 5.74) is 0. The van der Waals surface area contributed by atoms with Gasteiger partial charge in [-0.2, -0.15) is 5.10 Å². The summed E-state index contributed by atoms with van der Waals surface area (Å²) in [6, 6.07) is 1.64. The molecule has 0 aliphatic rings. The molecule has 2 aromatic heterocycles. The van der Waals surface area contributed by atoms with Crippen molar-refractivity contribution < 1.29 is 14.6 Å². The third-order valence-electron chi connectivity index (χ3n) is 2.18. The van der Waals surface area contributed by atoms with Crippen LogP contribution in [0.1, 0.15) is 22.4 Å². The van der Waals surface area contributed by atoms with Gasteiger partial charge in [-0.3, -0.25) is 0 Å². The van der Waals surface area contributed by atoms with Crippen LogP contribution in [0.5, 0.6) is 5.75 Å². The quantitative estimate of drug-likeness (QED) is 0.876. The molecule has 1 N–H and O–H groups in total. The molecular weight excluding hydrogens is 242 g/mol. The maximum Gasteiger partial charge on any atom is 0.349 e. The fourth-order valence-corrected chi connectivity index (χ4v) is 2.05. The highest BCUT2D eigenvalue weighted by molar-refractivity contribution is 7.12. The van der Waals surface area contributed by atoms with Crippen molar-refractivity contribution in [3.05, 3.63) is 28.5 Å². The van der Waals surface area contributed by atoms with E-state index in [0.717, 1.165) is 11.3 Å². The molecule has 0 aliphatic carbocycles. The fourth-order valence-electron chi connectivity index (χ4n) is 1.37. The molecule has 0 aliphatic heterocycles. The minimum Gasteiger partial charge on any atom is -0.484 e. The molecule has 0 saturated carbocycles.